The Bertz CT molecular complexity index is 3110. The molecule has 6 aromatic carbocycles. The van der Waals surface area contributed by atoms with Gasteiger partial charge >= 0.3 is 0 Å². The molecule has 0 unspecified atom stereocenters. The summed E-state index contributed by atoms with van der Waals surface area (Å²) in [6, 6.07) is 43.1. The van der Waals surface area contributed by atoms with Crippen LogP contribution < -0.4 is 26.2 Å². The third-order valence-electron chi connectivity index (χ3n) is 15.8. The smallest absolute Gasteiger partial charge is 0.257 e. The summed E-state index contributed by atoms with van der Waals surface area (Å²) in [6.45, 7) is 39.9. The molecular formula is C63H73BN2O. The Kier molecular flexibility index (Phi) is 9.98. The van der Waals surface area contributed by atoms with Gasteiger partial charge in [-0.05, 0) is 162 Å². The SMILES string of the molecule is Cc1cc2c3c(c1)N(c1ccc(C(C)(C)C)cc1)c1oc4ccc(C(C)(C)C)cc4c1B3c1cc3c(cc1N2c1ccc(C(C)(C)C)cc1-c1ccc(C(C)(C)C)cc1)C(C)(C)CCC3(C)C. The van der Waals surface area contributed by atoms with Crippen LogP contribution in [0.1, 0.15) is 163 Å². The molecule has 3 aliphatic rings. The molecule has 7 aromatic rings. The number of hydrogen-bond donors (Lipinski definition) is 0. The number of hydrogen-bond acceptors (Lipinski definition) is 3. The highest BCUT2D eigenvalue weighted by Crippen LogP contribution is 2.53. The standard InChI is InChI=1S/C63H73BN2O/c1-38-32-52-56-53(33-38)66(50-28-24-42(60(8,9)10)34-45(50)39-18-20-40(21-19-39)58(2,3)4)51-37-48-47(62(14,15)30-31-63(48,16)17)36-49(51)64(56)55-46-35-43(61(11,12)13)25-29-54(46)67-57(55)65(52)44-26-22-41(23-27-44)59(5,6)7/h18-29,32-37H,30-31H2,1-17H3. The number of nitrogens with zero attached hydrogens (tertiary/aromatic N) is 2. The van der Waals surface area contributed by atoms with Crippen molar-refractivity contribution in [1.82, 2.24) is 0 Å². The highest BCUT2D eigenvalue weighted by Gasteiger charge is 2.49. The number of furan rings is 1. The van der Waals surface area contributed by atoms with Gasteiger partial charge in [0, 0.05) is 39.2 Å². The van der Waals surface area contributed by atoms with Crippen molar-refractivity contribution in [3.63, 3.8) is 0 Å². The quantitative estimate of drug-likeness (QED) is 0.165. The average Bonchev–Trinajstić information content (AvgIpc) is 3.62. The monoisotopic (exact) mass is 885 g/mol. The first-order chi connectivity index (χ1) is 31.1. The normalized spacial score (nSPS) is 16.5. The number of benzene rings is 6. The van der Waals surface area contributed by atoms with Crippen molar-refractivity contribution in [2.75, 3.05) is 9.80 Å². The van der Waals surface area contributed by atoms with Crippen LogP contribution in [0.25, 0.3) is 22.1 Å². The lowest BCUT2D eigenvalue weighted by molar-refractivity contribution is 0.332. The molecule has 0 amide bonds. The van der Waals surface area contributed by atoms with Crippen molar-refractivity contribution in [3.8, 4) is 11.1 Å². The van der Waals surface area contributed by atoms with Crippen LogP contribution in [0, 0.1) is 6.92 Å². The van der Waals surface area contributed by atoms with Crippen molar-refractivity contribution in [1.29, 1.82) is 0 Å². The van der Waals surface area contributed by atoms with Gasteiger partial charge in [0.2, 0.25) is 5.88 Å². The summed E-state index contributed by atoms with van der Waals surface area (Å²) in [5.74, 6) is 0.921. The maximum Gasteiger partial charge on any atom is 0.257 e. The summed E-state index contributed by atoms with van der Waals surface area (Å²) in [4.78, 5) is 5.12. The highest BCUT2D eigenvalue weighted by molar-refractivity contribution is 7.01. The molecule has 0 fully saturated rings. The van der Waals surface area contributed by atoms with E-state index in [1.807, 2.05) is 0 Å². The van der Waals surface area contributed by atoms with Gasteiger partial charge in [-0.3, -0.25) is 4.90 Å². The molecular weight excluding hydrogens is 812 g/mol. The second-order valence-corrected chi connectivity index (χ2v) is 25.9. The van der Waals surface area contributed by atoms with Crippen molar-refractivity contribution in [2.24, 2.45) is 0 Å². The maximum absolute atomic E-state index is 7.30. The van der Waals surface area contributed by atoms with E-state index in [1.54, 1.807) is 0 Å². The van der Waals surface area contributed by atoms with Crippen molar-refractivity contribution in [3.05, 3.63) is 148 Å². The van der Waals surface area contributed by atoms with E-state index >= 15 is 0 Å². The fourth-order valence-electron chi connectivity index (χ4n) is 11.4. The third kappa shape index (κ3) is 7.39. The van der Waals surface area contributed by atoms with Crippen LogP contribution in [0.3, 0.4) is 0 Å². The maximum atomic E-state index is 7.30. The number of anilines is 6. The van der Waals surface area contributed by atoms with E-state index < -0.39 is 0 Å². The zero-order chi connectivity index (χ0) is 48.1. The molecule has 67 heavy (non-hydrogen) atoms. The van der Waals surface area contributed by atoms with Crippen LogP contribution >= 0.6 is 0 Å². The minimum absolute atomic E-state index is 0.0169. The van der Waals surface area contributed by atoms with Gasteiger partial charge in [-0.1, -0.05) is 165 Å². The first-order valence-corrected chi connectivity index (χ1v) is 25.0. The summed E-state index contributed by atoms with van der Waals surface area (Å²) < 4.78 is 7.30. The summed E-state index contributed by atoms with van der Waals surface area (Å²) in [5.41, 5.74) is 22.9. The zero-order valence-corrected chi connectivity index (χ0v) is 43.7. The van der Waals surface area contributed by atoms with Gasteiger partial charge < -0.3 is 9.32 Å². The van der Waals surface area contributed by atoms with Crippen molar-refractivity contribution in [2.45, 2.75) is 163 Å². The lowest BCUT2D eigenvalue weighted by Gasteiger charge is -2.47. The van der Waals surface area contributed by atoms with E-state index in [4.69, 9.17) is 4.42 Å². The fourth-order valence-corrected chi connectivity index (χ4v) is 11.4. The Morgan fingerprint density at radius 3 is 1.54 bits per heavy atom. The highest BCUT2D eigenvalue weighted by atomic mass is 16.4. The number of aryl methyl sites for hydroxylation is 1. The van der Waals surface area contributed by atoms with E-state index in [-0.39, 0.29) is 39.2 Å². The lowest BCUT2D eigenvalue weighted by atomic mass is 9.33. The molecule has 0 spiro atoms. The molecule has 0 atom stereocenters. The summed E-state index contributed by atoms with van der Waals surface area (Å²) >= 11 is 0. The summed E-state index contributed by atoms with van der Waals surface area (Å²) in [6.07, 6.45) is 2.30. The van der Waals surface area contributed by atoms with Crippen LogP contribution in [0.5, 0.6) is 0 Å². The van der Waals surface area contributed by atoms with Crippen molar-refractivity contribution >= 4 is 68.4 Å². The molecule has 2 aliphatic heterocycles. The summed E-state index contributed by atoms with van der Waals surface area (Å²) in [7, 11) is 0. The molecule has 10 rings (SSSR count). The molecule has 0 N–H and O–H groups in total. The second kappa shape index (κ2) is 14.8. The largest absolute Gasteiger partial charge is 0.440 e. The zero-order valence-electron chi connectivity index (χ0n) is 43.7. The Balaban J connectivity index is 1.35. The van der Waals surface area contributed by atoms with E-state index in [0.29, 0.717) is 0 Å². The molecule has 0 saturated carbocycles. The Morgan fingerprint density at radius 1 is 0.478 bits per heavy atom. The van der Waals surface area contributed by atoms with E-state index in [9.17, 15) is 0 Å². The third-order valence-corrected chi connectivity index (χ3v) is 15.8. The van der Waals surface area contributed by atoms with E-state index in [1.165, 1.54) is 94.6 Å². The first-order valence-electron chi connectivity index (χ1n) is 25.0. The molecule has 344 valence electrons. The molecule has 3 heterocycles. The van der Waals surface area contributed by atoms with Gasteiger partial charge in [-0.25, -0.2) is 0 Å². The predicted molar refractivity (Wildman–Crippen MR) is 290 cm³/mol. The molecule has 0 radical (unpaired) electrons. The molecule has 3 nitrogen and oxygen atoms in total. The van der Waals surface area contributed by atoms with Gasteiger partial charge in [0.1, 0.15) is 5.58 Å². The molecule has 0 saturated heterocycles. The minimum atomic E-state index is -0.0667. The fraction of sp³-hybridized carbons (Fsp3) is 0.397. The Hall–Kier alpha value is -5.48. The minimum Gasteiger partial charge on any atom is -0.440 e. The molecule has 0 bridgehead atoms. The van der Waals surface area contributed by atoms with Crippen LogP contribution in [-0.2, 0) is 32.5 Å². The van der Waals surface area contributed by atoms with Crippen LogP contribution in [0.2, 0.25) is 0 Å². The van der Waals surface area contributed by atoms with Crippen LogP contribution in [0.4, 0.5) is 34.3 Å². The van der Waals surface area contributed by atoms with Gasteiger partial charge in [0.05, 0.1) is 5.69 Å². The molecule has 4 heteroatoms. The van der Waals surface area contributed by atoms with Crippen LogP contribution in [0.15, 0.2) is 114 Å². The van der Waals surface area contributed by atoms with E-state index in [2.05, 4.69) is 237 Å². The van der Waals surface area contributed by atoms with Gasteiger partial charge in [0.15, 0.2) is 0 Å². The Morgan fingerprint density at radius 2 is 0.970 bits per heavy atom. The van der Waals surface area contributed by atoms with Crippen LogP contribution in [-0.4, -0.2) is 6.71 Å². The summed E-state index contributed by atoms with van der Waals surface area (Å²) in [5, 5.41) is 1.20. The topological polar surface area (TPSA) is 19.6 Å². The second-order valence-electron chi connectivity index (χ2n) is 25.9. The molecule has 1 aliphatic carbocycles. The van der Waals surface area contributed by atoms with Gasteiger partial charge in [0.25, 0.3) is 6.71 Å². The number of fused-ring (bicyclic) bond motifs is 7. The van der Waals surface area contributed by atoms with Gasteiger partial charge in [-0.15, -0.1) is 0 Å². The predicted octanol–water partition coefficient (Wildman–Crippen LogP) is 16.0. The number of rotatable bonds is 3. The molecule has 1 aromatic heterocycles. The first kappa shape index (κ1) is 45.3. The van der Waals surface area contributed by atoms with Crippen molar-refractivity contribution < 1.29 is 4.42 Å². The van der Waals surface area contributed by atoms with Gasteiger partial charge in [-0.2, -0.15) is 0 Å². The van der Waals surface area contributed by atoms with E-state index in [0.717, 1.165) is 30.0 Å². The average molecular weight is 885 g/mol. The lowest BCUT2D eigenvalue weighted by Crippen LogP contribution is -2.61. The Labute approximate surface area is 403 Å².